The van der Waals surface area contributed by atoms with Gasteiger partial charge >= 0.3 is 5.69 Å². The topological polar surface area (TPSA) is 37.3 Å². The van der Waals surface area contributed by atoms with Crippen molar-refractivity contribution in [1.82, 2.24) is 9.38 Å². The predicted octanol–water partition coefficient (Wildman–Crippen LogP) is 1.92. The summed E-state index contributed by atoms with van der Waals surface area (Å²) in [5, 5.41) is 0.446. The summed E-state index contributed by atoms with van der Waals surface area (Å²) >= 11 is 0. The molecule has 2 heterocycles. The van der Waals surface area contributed by atoms with Crippen LogP contribution >= 0.6 is 0 Å². The van der Waals surface area contributed by atoms with Crippen LogP contribution in [0.2, 0.25) is 0 Å². The molecule has 0 spiro atoms. The van der Waals surface area contributed by atoms with Gasteiger partial charge in [0.1, 0.15) is 5.82 Å². The summed E-state index contributed by atoms with van der Waals surface area (Å²) < 4.78 is 15.0. The Morgan fingerprint density at radius 1 is 1.20 bits per heavy atom. The Kier molecular flexibility index (Phi) is 1.48. The summed E-state index contributed by atoms with van der Waals surface area (Å²) in [6.45, 7) is 0. The number of hydrogen-bond donors (Lipinski definition) is 1. The minimum absolute atomic E-state index is 0.256. The van der Waals surface area contributed by atoms with E-state index in [4.69, 9.17) is 0 Å². The molecule has 0 atom stereocenters. The molecule has 1 aromatic carbocycles. The smallest absolute Gasteiger partial charge is 0.306 e. The highest BCUT2D eigenvalue weighted by Crippen LogP contribution is 2.19. The standard InChI is InChI=1S/C11H7FN2O/c12-7-3-1-4-8-10(7)9-5-2-6-14(9)11(15)13-8/h1-6H,(H,13,15). The van der Waals surface area contributed by atoms with Gasteiger partial charge in [-0.2, -0.15) is 0 Å². The van der Waals surface area contributed by atoms with Crippen LogP contribution in [0.25, 0.3) is 16.4 Å². The molecular weight excluding hydrogens is 195 g/mol. The van der Waals surface area contributed by atoms with Crippen LogP contribution in [0.15, 0.2) is 41.3 Å². The molecule has 0 saturated carbocycles. The second-order valence-electron chi connectivity index (χ2n) is 3.36. The van der Waals surface area contributed by atoms with Crippen molar-refractivity contribution < 1.29 is 4.39 Å². The molecule has 0 aliphatic rings. The van der Waals surface area contributed by atoms with Crippen LogP contribution in [-0.4, -0.2) is 9.38 Å². The van der Waals surface area contributed by atoms with Crippen molar-refractivity contribution in [2.75, 3.05) is 0 Å². The zero-order chi connectivity index (χ0) is 10.4. The number of rotatable bonds is 0. The summed E-state index contributed by atoms with van der Waals surface area (Å²) in [6.07, 6.45) is 1.61. The maximum Gasteiger partial charge on any atom is 0.330 e. The highest BCUT2D eigenvalue weighted by Gasteiger charge is 2.07. The highest BCUT2D eigenvalue weighted by molar-refractivity contribution is 5.93. The highest BCUT2D eigenvalue weighted by atomic mass is 19.1. The molecule has 0 aliphatic carbocycles. The predicted molar refractivity (Wildman–Crippen MR) is 55.5 cm³/mol. The lowest BCUT2D eigenvalue weighted by Crippen LogP contribution is -2.15. The van der Waals surface area contributed by atoms with Gasteiger partial charge in [-0.25, -0.2) is 9.18 Å². The Labute approximate surface area is 83.8 Å². The van der Waals surface area contributed by atoms with Crippen molar-refractivity contribution in [2.24, 2.45) is 0 Å². The molecule has 0 radical (unpaired) electrons. The Morgan fingerprint density at radius 3 is 2.93 bits per heavy atom. The molecule has 2 aromatic heterocycles. The monoisotopic (exact) mass is 202 g/mol. The molecule has 74 valence electrons. The van der Waals surface area contributed by atoms with Crippen LogP contribution < -0.4 is 5.69 Å². The number of fused-ring (bicyclic) bond motifs is 3. The Hall–Kier alpha value is -2.10. The number of nitrogens with zero attached hydrogens (tertiary/aromatic N) is 1. The van der Waals surface area contributed by atoms with Gasteiger partial charge in [-0.3, -0.25) is 4.40 Å². The van der Waals surface area contributed by atoms with Crippen molar-refractivity contribution in [2.45, 2.75) is 0 Å². The van der Waals surface area contributed by atoms with E-state index in [0.717, 1.165) is 0 Å². The van der Waals surface area contributed by atoms with Gasteiger partial charge in [0.15, 0.2) is 0 Å². The fraction of sp³-hybridized carbons (Fsp3) is 0. The summed E-state index contributed by atoms with van der Waals surface area (Å²) in [7, 11) is 0. The van der Waals surface area contributed by atoms with E-state index in [1.54, 1.807) is 30.5 Å². The van der Waals surface area contributed by atoms with Crippen LogP contribution in [0, 0.1) is 5.82 Å². The quantitative estimate of drug-likeness (QED) is 0.594. The summed E-state index contributed by atoms with van der Waals surface area (Å²) in [5.74, 6) is -0.326. The number of nitrogens with one attached hydrogen (secondary N) is 1. The number of H-pyrrole nitrogens is 1. The molecule has 1 N–H and O–H groups in total. The average Bonchev–Trinajstić information content (AvgIpc) is 2.66. The Balaban J connectivity index is 2.74. The first kappa shape index (κ1) is 8.23. The molecule has 0 bridgehead atoms. The molecular formula is C11H7FN2O. The van der Waals surface area contributed by atoms with Gasteiger partial charge in [0, 0.05) is 6.20 Å². The molecule has 15 heavy (non-hydrogen) atoms. The van der Waals surface area contributed by atoms with Gasteiger partial charge in [-0.15, -0.1) is 0 Å². The number of aromatic amines is 1. The summed E-state index contributed by atoms with van der Waals surface area (Å²) in [5.41, 5.74) is 0.853. The first-order valence-corrected chi connectivity index (χ1v) is 4.55. The van der Waals surface area contributed by atoms with E-state index in [1.165, 1.54) is 10.5 Å². The minimum atomic E-state index is -0.326. The average molecular weight is 202 g/mol. The van der Waals surface area contributed by atoms with Crippen LogP contribution in [0.3, 0.4) is 0 Å². The number of hydrogen-bond acceptors (Lipinski definition) is 1. The maximum absolute atomic E-state index is 13.6. The van der Waals surface area contributed by atoms with E-state index >= 15 is 0 Å². The van der Waals surface area contributed by atoms with Crippen LogP contribution in [0.1, 0.15) is 0 Å². The van der Waals surface area contributed by atoms with Crippen molar-refractivity contribution >= 4 is 16.4 Å². The zero-order valence-corrected chi connectivity index (χ0v) is 7.70. The molecule has 4 heteroatoms. The van der Waals surface area contributed by atoms with E-state index in [2.05, 4.69) is 4.98 Å². The molecule has 3 rings (SSSR count). The number of halogens is 1. The second kappa shape index (κ2) is 2.70. The van der Waals surface area contributed by atoms with Crippen molar-refractivity contribution in [3.05, 3.63) is 52.8 Å². The first-order valence-electron chi connectivity index (χ1n) is 4.55. The van der Waals surface area contributed by atoms with Crippen molar-refractivity contribution in [3.8, 4) is 0 Å². The van der Waals surface area contributed by atoms with E-state index in [1.807, 2.05) is 0 Å². The molecule has 3 nitrogen and oxygen atoms in total. The van der Waals surface area contributed by atoms with Gasteiger partial charge in [0.05, 0.1) is 16.4 Å². The van der Waals surface area contributed by atoms with Crippen molar-refractivity contribution in [1.29, 1.82) is 0 Å². The van der Waals surface area contributed by atoms with Gasteiger partial charge in [-0.05, 0) is 24.3 Å². The fourth-order valence-corrected chi connectivity index (χ4v) is 1.83. The summed E-state index contributed by atoms with van der Waals surface area (Å²) in [6, 6.07) is 8.09. The lowest BCUT2D eigenvalue weighted by Gasteiger charge is -2.01. The van der Waals surface area contributed by atoms with Gasteiger partial charge in [0.2, 0.25) is 0 Å². The van der Waals surface area contributed by atoms with Gasteiger partial charge in [0.25, 0.3) is 0 Å². The molecule has 0 aliphatic heterocycles. The fourth-order valence-electron chi connectivity index (χ4n) is 1.83. The Bertz CT molecular complexity index is 711. The van der Waals surface area contributed by atoms with Crippen LogP contribution in [0.4, 0.5) is 4.39 Å². The number of aromatic nitrogens is 2. The van der Waals surface area contributed by atoms with E-state index in [9.17, 15) is 9.18 Å². The molecule has 0 amide bonds. The van der Waals surface area contributed by atoms with Crippen LogP contribution in [0.5, 0.6) is 0 Å². The van der Waals surface area contributed by atoms with Gasteiger partial charge < -0.3 is 4.98 Å². The minimum Gasteiger partial charge on any atom is -0.306 e. The normalized spacial score (nSPS) is 11.3. The third-order valence-corrected chi connectivity index (χ3v) is 2.48. The van der Waals surface area contributed by atoms with E-state index in [-0.39, 0.29) is 11.5 Å². The largest absolute Gasteiger partial charge is 0.330 e. The van der Waals surface area contributed by atoms with E-state index < -0.39 is 0 Å². The molecule has 0 fully saturated rings. The summed E-state index contributed by atoms with van der Waals surface area (Å²) in [4.78, 5) is 14.2. The van der Waals surface area contributed by atoms with Gasteiger partial charge in [-0.1, -0.05) is 6.07 Å². The molecule has 3 aromatic rings. The van der Waals surface area contributed by atoms with Crippen LogP contribution in [-0.2, 0) is 0 Å². The Morgan fingerprint density at radius 2 is 2.07 bits per heavy atom. The third-order valence-electron chi connectivity index (χ3n) is 2.48. The van der Waals surface area contributed by atoms with E-state index in [0.29, 0.717) is 16.4 Å². The first-order chi connectivity index (χ1) is 7.27. The number of benzene rings is 1. The SMILES string of the molecule is O=c1[nH]c2cccc(F)c2c2cccn12. The molecule has 0 unspecified atom stereocenters. The third kappa shape index (κ3) is 1.01. The van der Waals surface area contributed by atoms with Crippen molar-refractivity contribution in [3.63, 3.8) is 0 Å². The maximum atomic E-state index is 13.6. The zero-order valence-electron chi connectivity index (χ0n) is 7.70. The molecule has 0 saturated heterocycles. The lowest BCUT2D eigenvalue weighted by molar-refractivity contribution is 0.639. The lowest BCUT2D eigenvalue weighted by atomic mass is 10.2. The second-order valence-corrected chi connectivity index (χ2v) is 3.36.